The number of aromatic hydroxyl groups is 1. The number of hydrogen-bond acceptors (Lipinski definition) is 3. The molecule has 0 spiro atoms. The fourth-order valence-electron chi connectivity index (χ4n) is 6.55. The van der Waals surface area contributed by atoms with Crippen molar-refractivity contribution in [1.82, 2.24) is 14.5 Å². The second kappa shape index (κ2) is 14.4. The van der Waals surface area contributed by atoms with Gasteiger partial charge < -0.3 is 5.11 Å². The third-order valence-corrected chi connectivity index (χ3v) is 9.53. The minimum Gasteiger partial charge on any atom is -0.507 e. The van der Waals surface area contributed by atoms with Crippen LogP contribution in [0.15, 0.2) is 121 Å². The summed E-state index contributed by atoms with van der Waals surface area (Å²) >= 11 is 0. The Labute approximate surface area is 316 Å². The van der Waals surface area contributed by atoms with E-state index in [1.54, 1.807) is 6.07 Å². The van der Waals surface area contributed by atoms with Crippen molar-refractivity contribution >= 4 is 11.0 Å². The molecule has 7 rings (SSSR count). The molecule has 0 aliphatic heterocycles. The van der Waals surface area contributed by atoms with E-state index in [4.69, 9.17) is 9.97 Å². The minimum atomic E-state index is -0.150. The van der Waals surface area contributed by atoms with Crippen molar-refractivity contribution < 1.29 is 26.2 Å². The standard InChI is InChI=1S/C46H44N3O.Pt/c1-29(2)31-21-32(30(3)4)23-33(22-31)34-24-35(26-36(25-34)41-18-13-14-20-47-41)40-27-37(46(5,6)7)28-42-44(40)48-45(39-17-11-12-19-43(39)50)49(42)38-15-9-8-10-16-38;/h8-25,27-30,50H,1-7H3;/q-1;. The van der Waals surface area contributed by atoms with Crippen LogP contribution in [0.1, 0.15) is 77.0 Å². The summed E-state index contributed by atoms with van der Waals surface area (Å²) in [5, 5.41) is 11.1. The molecule has 1 N–H and O–H groups in total. The number of phenolic OH excluding ortho intramolecular Hbond substituents is 1. The van der Waals surface area contributed by atoms with Gasteiger partial charge in [-0.1, -0.05) is 132 Å². The van der Waals surface area contributed by atoms with E-state index in [9.17, 15) is 5.11 Å². The fraction of sp³-hybridized carbons (Fsp3) is 0.217. The van der Waals surface area contributed by atoms with Gasteiger partial charge in [0.2, 0.25) is 0 Å². The number of nitrogens with zero attached hydrogens (tertiary/aromatic N) is 3. The average Bonchev–Trinajstić information content (AvgIpc) is 3.50. The average molecular weight is 850 g/mol. The molecule has 0 radical (unpaired) electrons. The van der Waals surface area contributed by atoms with Crippen LogP contribution >= 0.6 is 0 Å². The van der Waals surface area contributed by atoms with Gasteiger partial charge in [-0.15, -0.1) is 23.8 Å². The third-order valence-electron chi connectivity index (χ3n) is 9.53. The summed E-state index contributed by atoms with van der Waals surface area (Å²) in [4.78, 5) is 10.1. The van der Waals surface area contributed by atoms with Gasteiger partial charge in [-0.3, -0.25) is 9.55 Å². The van der Waals surface area contributed by atoms with Gasteiger partial charge in [0.1, 0.15) is 11.6 Å². The van der Waals surface area contributed by atoms with Crippen molar-refractivity contribution in [3.63, 3.8) is 0 Å². The second-order valence-corrected chi connectivity index (χ2v) is 14.9. The van der Waals surface area contributed by atoms with Crippen molar-refractivity contribution in [2.24, 2.45) is 0 Å². The van der Waals surface area contributed by atoms with E-state index in [0.29, 0.717) is 23.2 Å². The molecule has 5 heteroatoms. The molecule has 2 aromatic heterocycles. The number of hydrogen-bond donors (Lipinski definition) is 1. The maximum atomic E-state index is 11.1. The zero-order valence-corrected chi connectivity index (χ0v) is 32.6. The molecule has 5 aromatic carbocycles. The minimum absolute atomic E-state index is 0. The normalized spacial score (nSPS) is 11.7. The van der Waals surface area contributed by atoms with Crippen LogP contribution in [0, 0.1) is 6.07 Å². The van der Waals surface area contributed by atoms with E-state index < -0.39 is 0 Å². The summed E-state index contributed by atoms with van der Waals surface area (Å²) < 4.78 is 2.17. The molecule has 0 saturated heterocycles. The Kier molecular flexibility index (Phi) is 10.2. The zero-order chi connectivity index (χ0) is 35.2. The van der Waals surface area contributed by atoms with Gasteiger partial charge in [-0.2, -0.15) is 0 Å². The topological polar surface area (TPSA) is 50.9 Å². The summed E-state index contributed by atoms with van der Waals surface area (Å²) in [6, 6.07) is 43.6. The number of phenols is 1. The number of aromatic nitrogens is 3. The number of para-hydroxylation sites is 2. The maximum absolute atomic E-state index is 11.1. The van der Waals surface area contributed by atoms with E-state index in [2.05, 4.69) is 114 Å². The zero-order valence-electron chi connectivity index (χ0n) is 30.3. The van der Waals surface area contributed by atoms with Crippen molar-refractivity contribution in [3.05, 3.63) is 144 Å². The molecule has 0 atom stereocenters. The smallest absolute Gasteiger partial charge is 0.148 e. The van der Waals surface area contributed by atoms with Crippen LogP contribution in [0.4, 0.5) is 0 Å². The van der Waals surface area contributed by atoms with Crippen molar-refractivity contribution in [2.75, 3.05) is 0 Å². The third kappa shape index (κ3) is 7.21. The molecule has 0 saturated carbocycles. The van der Waals surface area contributed by atoms with Crippen LogP contribution in [-0.4, -0.2) is 19.6 Å². The molecule has 0 fully saturated rings. The first-order valence-corrected chi connectivity index (χ1v) is 17.5. The number of pyridine rings is 1. The number of benzene rings is 5. The molecule has 51 heavy (non-hydrogen) atoms. The first kappa shape index (κ1) is 36.0. The van der Waals surface area contributed by atoms with Gasteiger partial charge in [0.05, 0.1) is 16.6 Å². The van der Waals surface area contributed by atoms with Gasteiger partial charge in [-0.25, -0.2) is 4.98 Å². The van der Waals surface area contributed by atoms with Crippen LogP contribution in [0.25, 0.3) is 61.6 Å². The Morgan fingerprint density at radius 3 is 1.92 bits per heavy atom. The van der Waals surface area contributed by atoms with E-state index >= 15 is 0 Å². The predicted molar refractivity (Wildman–Crippen MR) is 208 cm³/mol. The molecule has 0 unspecified atom stereocenters. The van der Waals surface area contributed by atoms with Crippen LogP contribution in [0.2, 0.25) is 0 Å². The van der Waals surface area contributed by atoms with Crippen LogP contribution in [0.3, 0.4) is 0 Å². The molecule has 0 bridgehead atoms. The predicted octanol–water partition coefficient (Wildman–Crippen LogP) is 12.1. The first-order valence-electron chi connectivity index (χ1n) is 17.5. The molecule has 260 valence electrons. The van der Waals surface area contributed by atoms with Gasteiger partial charge in [0, 0.05) is 38.6 Å². The Hall–Kier alpha value is -4.79. The number of imidazole rings is 1. The van der Waals surface area contributed by atoms with Crippen molar-refractivity contribution in [1.29, 1.82) is 0 Å². The van der Waals surface area contributed by atoms with E-state index in [1.165, 1.54) is 22.3 Å². The molecular formula is C46H44N3OPt-. The van der Waals surface area contributed by atoms with E-state index in [-0.39, 0.29) is 32.2 Å². The number of rotatable bonds is 7. The molecule has 0 aliphatic carbocycles. The Balaban J connectivity index is 0.00000448. The van der Waals surface area contributed by atoms with Gasteiger partial charge in [0.15, 0.2) is 0 Å². The maximum Gasteiger partial charge on any atom is 0.148 e. The molecule has 0 amide bonds. The van der Waals surface area contributed by atoms with Crippen molar-refractivity contribution in [3.8, 4) is 56.3 Å². The van der Waals surface area contributed by atoms with Crippen molar-refractivity contribution in [2.45, 2.75) is 65.7 Å². The van der Waals surface area contributed by atoms with E-state index in [1.807, 2.05) is 60.8 Å². The SMILES string of the molecule is CC(C)c1cc(-c2cc(-c3ccccn3)[c-]c(-c3cc(C(C)(C)C)cc4c3nc(-c3ccccc3O)n4-c3ccccc3)c2)cc(C(C)C)c1.[Pt]. The Morgan fingerprint density at radius 2 is 1.29 bits per heavy atom. The van der Waals surface area contributed by atoms with Gasteiger partial charge in [-0.05, 0) is 75.9 Å². The first-order chi connectivity index (χ1) is 24.0. The Bertz CT molecular complexity index is 2290. The van der Waals surface area contributed by atoms with Crippen LogP contribution in [0.5, 0.6) is 5.75 Å². The summed E-state index contributed by atoms with van der Waals surface area (Å²) in [6.07, 6.45) is 1.84. The fourth-order valence-corrected chi connectivity index (χ4v) is 6.55. The second-order valence-electron chi connectivity index (χ2n) is 14.9. The molecule has 7 aromatic rings. The Morgan fingerprint density at radius 1 is 0.667 bits per heavy atom. The monoisotopic (exact) mass is 849 g/mol. The molecule has 2 heterocycles. The molecule has 4 nitrogen and oxygen atoms in total. The van der Waals surface area contributed by atoms with Crippen LogP contribution in [-0.2, 0) is 26.5 Å². The number of fused-ring (bicyclic) bond motifs is 1. The summed E-state index contributed by atoms with van der Waals surface area (Å²) in [5.41, 5.74) is 13.2. The summed E-state index contributed by atoms with van der Waals surface area (Å²) in [7, 11) is 0. The quantitative estimate of drug-likeness (QED) is 0.163. The molecule has 0 aliphatic rings. The van der Waals surface area contributed by atoms with Gasteiger partial charge in [0.25, 0.3) is 0 Å². The summed E-state index contributed by atoms with van der Waals surface area (Å²) in [6.45, 7) is 15.8. The largest absolute Gasteiger partial charge is 0.507 e. The van der Waals surface area contributed by atoms with Gasteiger partial charge >= 0.3 is 0 Å². The summed E-state index contributed by atoms with van der Waals surface area (Å²) in [5.74, 6) is 1.67. The van der Waals surface area contributed by atoms with Crippen LogP contribution < -0.4 is 0 Å². The molecular weight excluding hydrogens is 806 g/mol. The van der Waals surface area contributed by atoms with E-state index in [0.717, 1.165) is 44.7 Å².